The summed E-state index contributed by atoms with van der Waals surface area (Å²) >= 11 is 0. The Morgan fingerprint density at radius 2 is 1.32 bits per heavy atom. The fraction of sp³-hybridized carbons (Fsp3) is 0.516. The van der Waals surface area contributed by atoms with Crippen LogP contribution < -0.4 is 21.6 Å². The number of piperazine rings is 1. The van der Waals surface area contributed by atoms with E-state index in [9.17, 15) is 39.0 Å². The molecule has 0 spiro atoms. The summed E-state index contributed by atoms with van der Waals surface area (Å²) in [7, 11) is 0. The largest absolute Gasteiger partial charge is 0.508 e. The molecule has 4 aromatic carbocycles. The Morgan fingerprint density at radius 1 is 0.716 bits per heavy atom. The summed E-state index contributed by atoms with van der Waals surface area (Å²) in [6, 6.07) is 27.8. The van der Waals surface area contributed by atoms with Crippen LogP contribution in [0.25, 0.3) is 17.1 Å². The number of nitrogens with zero attached hydrogens (tertiary/aromatic N) is 4. The molecule has 5 atom stereocenters. The van der Waals surface area contributed by atoms with Gasteiger partial charge in [0, 0.05) is 63.1 Å². The van der Waals surface area contributed by atoms with Crippen LogP contribution in [-0.4, -0.2) is 127 Å². The van der Waals surface area contributed by atoms with Crippen molar-refractivity contribution in [1.29, 1.82) is 0 Å². The second-order valence-electron chi connectivity index (χ2n) is 24.2. The maximum atomic E-state index is 14.6. The van der Waals surface area contributed by atoms with E-state index < -0.39 is 47.1 Å². The minimum atomic E-state index is -0.932. The van der Waals surface area contributed by atoms with Crippen LogP contribution >= 0.6 is 0 Å². The smallest absolute Gasteiger partial charge is 0.348 e. The summed E-state index contributed by atoms with van der Waals surface area (Å²) in [6.07, 6.45) is 4.85. The first-order valence-corrected chi connectivity index (χ1v) is 29.2. The number of phenolic OH excluding ortho intramolecular Hbond substituents is 2. The van der Waals surface area contributed by atoms with Crippen LogP contribution in [0.3, 0.4) is 0 Å². The van der Waals surface area contributed by atoms with E-state index in [4.69, 9.17) is 4.74 Å². The molecule has 3 fully saturated rings. The molecular weight excluding hydrogens is 1020 g/mol. The number of aromatic hydroxyl groups is 2. The van der Waals surface area contributed by atoms with Gasteiger partial charge in [-0.1, -0.05) is 114 Å². The first-order valence-electron chi connectivity index (χ1n) is 29.2. The van der Waals surface area contributed by atoms with Crippen LogP contribution in [0.15, 0.2) is 102 Å². The molecule has 8 rings (SSSR count). The van der Waals surface area contributed by atoms with Crippen LogP contribution in [0.5, 0.6) is 11.5 Å². The number of rotatable bonds is 26. The minimum Gasteiger partial charge on any atom is -0.508 e. The molecule has 0 unspecified atom stereocenters. The second-order valence-corrected chi connectivity index (χ2v) is 24.2. The van der Waals surface area contributed by atoms with Crippen molar-refractivity contribution in [2.75, 3.05) is 32.8 Å². The minimum absolute atomic E-state index is 0.0174. The van der Waals surface area contributed by atoms with Gasteiger partial charge >= 0.3 is 5.69 Å². The molecule has 0 bridgehead atoms. The van der Waals surface area contributed by atoms with Crippen molar-refractivity contribution in [3.63, 3.8) is 0 Å². The highest BCUT2D eigenvalue weighted by Crippen LogP contribution is 2.38. The predicted molar refractivity (Wildman–Crippen MR) is 312 cm³/mol. The number of epoxide rings is 1. The zero-order valence-electron chi connectivity index (χ0n) is 48.3. The second kappa shape index (κ2) is 27.2. The summed E-state index contributed by atoms with van der Waals surface area (Å²) < 4.78 is 6.90. The molecule has 0 radical (unpaired) electrons. The van der Waals surface area contributed by atoms with Crippen molar-refractivity contribution in [2.24, 2.45) is 23.7 Å². The summed E-state index contributed by atoms with van der Waals surface area (Å²) in [5.41, 5.74) is 3.18. The van der Waals surface area contributed by atoms with Gasteiger partial charge in [-0.3, -0.25) is 33.8 Å². The topological polar surface area (TPSA) is 232 Å². The number of H-pyrrole nitrogens is 1. The molecule has 434 valence electrons. The lowest BCUT2D eigenvalue weighted by Crippen LogP contribution is -2.54. The van der Waals surface area contributed by atoms with Gasteiger partial charge in [0.2, 0.25) is 17.7 Å². The number of ketones is 2. The van der Waals surface area contributed by atoms with E-state index in [-0.39, 0.29) is 71.3 Å². The third-order valence-corrected chi connectivity index (χ3v) is 16.5. The Labute approximate surface area is 476 Å². The van der Waals surface area contributed by atoms with E-state index in [1.54, 1.807) is 13.0 Å². The van der Waals surface area contributed by atoms with Crippen molar-refractivity contribution in [3.05, 3.63) is 130 Å². The predicted octanol–water partition coefficient (Wildman–Crippen LogP) is 7.79. The highest BCUT2D eigenvalue weighted by Gasteiger charge is 2.50. The van der Waals surface area contributed by atoms with Crippen LogP contribution in [-0.2, 0) is 48.1 Å². The molecule has 1 saturated carbocycles. The van der Waals surface area contributed by atoms with Gasteiger partial charge in [-0.2, -0.15) is 5.10 Å². The Kier molecular flexibility index (Phi) is 20.2. The zero-order valence-corrected chi connectivity index (χ0v) is 48.3. The molecule has 3 heterocycles. The van der Waals surface area contributed by atoms with Gasteiger partial charge in [-0.15, -0.1) is 0 Å². The van der Waals surface area contributed by atoms with Gasteiger partial charge in [0.1, 0.15) is 23.1 Å². The van der Waals surface area contributed by atoms with Crippen molar-refractivity contribution in [2.45, 2.75) is 155 Å². The van der Waals surface area contributed by atoms with Gasteiger partial charge in [0.05, 0.1) is 29.9 Å². The van der Waals surface area contributed by atoms with Gasteiger partial charge in [0.25, 0.3) is 0 Å². The molecule has 1 aromatic heterocycles. The van der Waals surface area contributed by atoms with E-state index in [1.165, 1.54) is 10.6 Å². The number of benzene rings is 4. The normalized spacial score (nSPS) is 20.1. The summed E-state index contributed by atoms with van der Waals surface area (Å²) in [5.74, 6) is -2.35. The number of aromatic nitrogens is 3. The lowest BCUT2D eigenvalue weighted by Gasteiger charge is -2.42. The number of nitrogens with one attached hydrogen (secondary N) is 4. The zero-order chi connectivity index (χ0) is 58.0. The van der Waals surface area contributed by atoms with E-state index in [0.717, 1.165) is 62.3 Å². The molecule has 5 aromatic rings. The molecule has 3 amide bonds. The van der Waals surface area contributed by atoms with E-state index in [1.807, 2.05) is 126 Å². The molecule has 17 heteroatoms. The van der Waals surface area contributed by atoms with Crippen LogP contribution in [0.4, 0.5) is 0 Å². The summed E-state index contributed by atoms with van der Waals surface area (Å²) in [6.45, 7) is 18.1. The number of carbonyl (C=O) groups excluding carboxylic acids is 5. The molecule has 2 saturated heterocycles. The molecule has 81 heavy (non-hydrogen) atoms. The van der Waals surface area contributed by atoms with Crippen molar-refractivity contribution in [1.82, 2.24) is 40.5 Å². The van der Waals surface area contributed by atoms with Crippen LogP contribution in [0.1, 0.15) is 128 Å². The third-order valence-electron chi connectivity index (χ3n) is 16.5. The number of aryl methyl sites for hydroxylation is 1. The number of aromatic amines is 1. The maximum absolute atomic E-state index is 14.6. The van der Waals surface area contributed by atoms with Crippen molar-refractivity contribution in [3.8, 4) is 28.6 Å². The number of hydrogen-bond acceptors (Lipinski definition) is 12. The highest BCUT2D eigenvalue weighted by molar-refractivity contribution is 5.98. The summed E-state index contributed by atoms with van der Waals surface area (Å²) in [4.78, 5) is 89.2. The maximum Gasteiger partial charge on any atom is 0.348 e. The number of carbonyl (C=O) groups is 5. The van der Waals surface area contributed by atoms with Gasteiger partial charge < -0.3 is 30.9 Å². The fourth-order valence-corrected chi connectivity index (χ4v) is 11.6. The average molecular weight is 1110 g/mol. The molecular formula is C64H84N8O9. The first kappa shape index (κ1) is 60.2. The Bertz CT molecular complexity index is 2990. The average Bonchev–Trinajstić information content (AvgIpc) is 4.22. The Hall–Kier alpha value is -6.95. The Balaban J connectivity index is 0.863. The fourth-order valence-electron chi connectivity index (χ4n) is 11.6. The first-order chi connectivity index (χ1) is 38.7. The molecule has 2 aliphatic heterocycles. The molecule has 1 aliphatic carbocycles. The van der Waals surface area contributed by atoms with Crippen LogP contribution in [0.2, 0.25) is 0 Å². The molecule has 6 N–H and O–H groups in total. The van der Waals surface area contributed by atoms with Crippen molar-refractivity contribution < 1.29 is 38.9 Å². The Morgan fingerprint density at radius 3 is 1.93 bits per heavy atom. The number of Topliss-reactive ketones (excluding diaryl/α,β-unsaturated/α-hetero) is 2. The van der Waals surface area contributed by atoms with E-state index in [2.05, 4.69) is 35.9 Å². The van der Waals surface area contributed by atoms with Gasteiger partial charge in [-0.05, 0) is 123 Å². The highest BCUT2D eigenvalue weighted by atomic mass is 16.6. The third kappa shape index (κ3) is 16.0. The number of hydrogen-bond donors (Lipinski definition) is 6. The van der Waals surface area contributed by atoms with Crippen LogP contribution in [0, 0.1) is 23.7 Å². The monoisotopic (exact) mass is 1110 g/mol. The number of phenols is 2. The number of amides is 3. The molecule has 17 nitrogen and oxygen atoms in total. The standard InChI is InChI=1S/C64H84N8O9/c1-40(2)32-53(57(75)35-47(34-44-16-12-9-13-17-44)61(78)67-54(33-41(3)4)58(76)64(7)39-81-64)66-62(79)52(27-20-43-14-10-8-11-15-43)65-60(77)46-21-25-48(26-22-46)71-30-28-70(29-31-71)38-45-18-23-49(24-19-45)72-59(68-69-63(72)80)51-36-50(42(5)6)55(73)37-56(51)74/h8-19,23-24,36-37,40-42,46-48,52-54,73-74H,20-22,25-35,38-39H2,1-7H3,(H,65,77)(H,66,79)(H,67,78)(H,69,80)/t46?,47-,48?,52+,53+,54+,64-/m1/s1. The number of ether oxygens (including phenoxy) is 1. The SMILES string of the molecule is CC(C)C[C@H](NC(=O)[C@H](CCc1ccccc1)NC(=O)C1CCC(N2CCN(Cc3ccc(-n4c(-c5cc(C(C)C)c(O)cc5O)n[nH]c4=O)cc3)CC2)CC1)C(=O)C[C@@H](Cc1ccccc1)C(=O)N[C@@H](CC(C)C)C(=O)[C@@]1(C)CO1. The van der Waals surface area contributed by atoms with E-state index >= 15 is 0 Å². The van der Waals surface area contributed by atoms with E-state index in [0.29, 0.717) is 68.0 Å². The van der Waals surface area contributed by atoms with Gasteiger partial charge in [-0.25, -0.2) is 14.5 Å². The van der Waals surface area contributed by atoms with Crippen molar-refractivity contribution >= 4 is 29.3 Å². The molecule has 3 aliphatic rings. The lowest BCUT2D eigenvalue weighted by atomic mass is 9.84. The quantitative estimate of drug-likeness (QED) is 0.0292. The lowest BCUT2D eigenvalue weighted by molar-refractivity contribution is -0.135. The summed E-state index contributed by atoms with van der Waals surface area (Å²) in [5, 5.41) is 37.1. The van der Waals surface area contributed by atoms with Gasteiger partial charge in [0.15, 0.2) is 17.4 Å².